The summed E-state index contributed by atoms with van der Waals surface area (Å²) in [5, 5.41) is 11.7. The summed E-state index contributed by atoms with van der Waals surface area (Å²) in [6.07, 6.45) is 2.03. The number of nitrogens with one attached hydrogen (secondary N) is 1. The molecule has 2 aromatic rings. The molecular weight excluding hydrogens is 330 g/mol. The van der Waals surface area contributed by atoms with Gasteiger partial charge >= 0.3 is 0 Å². The van der Waals surface area contributed by atoms with E-state index >= 15 is 0 Å². The molecule has 3 rings (SSSR count). The van der Waals surface area contributed by atoms with Crippen LogP contribution >= 0.6 is 12.4 Å². The molecule has 0 atom stereocenters. The minimum absolute atomic E-state index is 0. The van der Waals surface area contributed by atoms with E-state index in [0.29, 0.717) is 18.3 Å². The van der Waals surface area contributed by atoms with Crippen molar-refractivity contribution in [3.05, 3.63) is 35.0 Å². The van der Waals surface area contributed by atoms with Crippen molar-refractivity contribution in [2.75, 3.05) is 20.1 Å². The monoisotopic (exact) mass is 353 g/mol. The molecule has 2 aromatic heterocycles. The number of aryl methyl sites for hydroxylation is 1. The van der Waals surface area contributed by atoms with Crippen molar-refractivity contribution < 1.29 is 9.21 Å². The smallest absolute Gasteiger partial charge is 0.276 e. The zero-order valence-electron chi connectivity index (χ0n) is 14.3. The number of piperidine rings is 1. The van der Waals surface area contributed by atoms with Crippen molar-refractivity contribution in [3.63, 3.8) is 0 Å². The number of carbonyl (C=O) groups excluding carboxylic acids is 1. The quantitative estimate of drug-likeness (QED) is 0.911. The third kappa shape index (κ3) is 3.79. The Bertz CT molecular complexity index is 690. The van der Waals surface area contributed by atoms with Crippen molar-refractivity contribution in [2.24, 2.45) is 0 Å². The van der Waals surface area contributed by atoms with Crippen LogP contribution < -0.4 is 5.32 Å². The summed E-state index contributed by atoms with van der Waals surface area (Å²) in [7, 11) is 1.75. The SMILES string of the molecule is Cc1ccc(CN(C)C(=O)c2nnn(C3CCNCC3)c2C)o1.Cl. The first-order valence-corrected chi connectivity index (χ1v) is 7.99. The summed E-state index contributed by atoms with van der Waals surface area (Å²) in [6, 6.07) is 4.10. The summed E-state index contributed by atoms with van der Waals surface area (Å²) in [6.45, 7) is 6.18. The van der Waals surface area contributed by atoms with Crippen molar-refractivity contribution in [1.82, 2.24) is 25.2 Å². The highest BCUT2D eigenvalue weighted by Gasteiger charge is 2.25. The van der Waals surface area contributed by atoms with Crippen molar-refractivity contribution in [1.29, 1.82) is 0 Å². The average molecular weight is 354 g/mol. The Morgan fingerprint density at radius 1 is 1.38 bits per heavy atom. The minimum atomic E-state index is -0.128. The maximum absolute atomic E-state index is 12.6. The van der Waals surface area contributed by atoms with E-state index in [1.807, 2.05) is 30.7 Å². The number of hydrogen-bond donors (Lipinski definition) is 1. The highest BCUT2D eigenvalue weighted by atomic mass is 35.5. The molecule has 0 saturated carbocycles. The summed E-state index contributed by atoms with van der Waals surface area (Å²) >= 11 is 0. The van der Waals surface area contributed by atoms with Gasteiger partial charge in [0.25, 0.3) is 5.91 Å². The Labute approximate surface area is 147 Å². The Morgan fingerprint density at radius 3 is 2.71 bits per heavy atom. The zero-order chi connectivity index (χ0) is 16.4. The van der Waals surface area contributed by atoms with Crippen LogP contribution in [0.25, 0.3) is 0 Å². The largest absolute Gasteiger partial charge is 0.464 e. The molecule has 1 N–H and O–H groups in total. The number of carbonyl (C=O) groups is 1. The average Bonchev–Trinajstić information content (AvgIpc) is 3.13. The Morgan fingerprint density at radius 2 is 2.08 bits per heavy atom. The molecule has 1 aliphatic heterocycles. The fourth-order valence-corrected chi connectivity index (χ4v) is 2.99. The molecule has 0 unspecified atom stereocenters. The number of nitrogens with zero attached hydrogens (tertiary/aromatic N) is 4. The van der Waals surface area contributed by atoms with Gasteiger partial charge in [0.15, 0.2) is 5.69 Å². The molecule has 1 fully saturated rings. The van der Waals surface area contributed by atoms with Gasteiger partial charge in [0.05, 0.1) is 18.3 Å². The number of hydrogen-bond acceptors (Lipinski definition) is 5. The predicted octanol–water partition coefficient (Wildman–Crippen LogP) is 2.11. The lowest BCUT2D eigenvalue weighted by Crippen LogP contribution is -2.30. The van der Waals surface area contributed by atoms with E-state index in [1.165, 1.54) is 0 Å². The first-order chi connectivity index (χ1) is 11.1. The fourth-order valence-electron chi connectivity index (χ4n) is 2.99. The van der Waals surface area contributed by atoms with Gasteiger partial charge in [0, 0.05) is 7.05 Å². The second-order valence-electron chi connectivity index (χ2n) is 6.12. The highest BCUT2D eigenvalue weighted by Crippen LogP contribution is 2.21. The van der Waals surface area contributed by atoms with Gasteiger partial charge in [-0.15, -0.1) is 17.5 Å². The summed E-state index contributed by atoms with van der Waals surface area (Å²) in [5.41, 5.74) is 1.26. The van der Waals surface area contributed by atoms with Gasteiger partial charge in [0.1, 0.15) is 11.5 Å². The number of amides is 1. The van der Waals surface area contributed by atoms with Crippen LogP contribution in [0.3, 0.4) is 0 Å². The first kappa shape index (κ1) is 18.5. The standard InChI is InChI=1S/C16H23N5O2.ClH/c1-11-4-5-14(23-11)10-20(3)16(22)15-12(2)21(19-18-15)13-6-8-17-9-7-13;/h4-5,13,17H,6-10H2,1-3H3;1H. The lowest BCUT2D eigenvalue weighted by molar-refractivity contribution is 0.0768. The Kier molecular flexibility index (Phi) is 6.01. The lowest BCUT2D eigenvalue weighted by Gasteiger charge is -2.23. The molecule has 24 heavy (non-hydrogen) atoms. The molecule has 0 bridgehead atoms. The van der Waals surface area contributed by atoms with Crippen LogP contribution in [0.4, 0.5) is 0 Å². The van der Waals surface area contributed by atoms with Crippen LogP contribution in [0.5, 0.6) is 0 Å². The molecule has 0 aliphatic carbocycles. The van der Waals surface area contributed by atoms with Crippen LogP contribution in [-0.2, 0) is 6.54 Å². The molecular formula is C16H24ClN5O2. The number of halogens is 1. The van der Waals surface area contributed by atoms with Crippen LogP contribution in [0.15, 0.2) is 16.5 Å². The molecule has 0 spiro atoms. The van der Waals surface area contributed by atoms with Gasteiger partial charge in [-0.3, -0.25) is 4.79 Å². The summed E-state index contributed by atoms with van der Waals surface area (Å²) in [4.78, 5) is 14.2. The summed E-state index contributed by atoms with van der Waals surface area (Å²) in [5.74, 6) is 1.48. The van der Waals surface area contributed by atoms with Crippen LogP contribution in [-0.4, -0.2) is 45.9 Å². The molecule has 132 valence electrons. The van der Waals surface area contributed by atoms with E-state index < -0.39 is 0 Å². The highest BCUT2D eigenvalue weighted by molar-refractivity contribution is 5.93. The molecule has 0 aromatic carbocycles. The van der Waals surface area contributed by atoms with Crippen LogP contribution in [0, 0.1) is 13.8 Å². The Hall–Kier alpha value is -1.86. The number of rotatable bonds is 4. The Balaban J connectivity index is 0.00000208. The number of furan rings is 1. The van der Waals surface area contributed by atoms with Crippen LogP contribution in [0.1, 0.15) is 46.6 Å². The van der Waals surface area contributed by atoms with Gasteiger partial charge in [-0.1, -0.05) is 5.21 Å². The third-order valence-corrected chi connectivity index (χ3v) is 4.32. The van der Waals surface area contributed by atoms with E-state index in [2.05, 4.69) is 15.6 Å². The second-order valence-corrected chi connectivity index (χ2v) is 6.12. The first-order valence-electron chi connectivity index (χ1n) is 7.99. The lowest BCUT2D eigenvalue weighted by atomic mass is 10.1. The zero-order valence-corrected chi connectivity index (χ0v) is 15.1. The van der Waals surface area contributed by atoms with Gasteiger partial charge in [-0.2, -0.15) is 0 Å². The van der Waals surface area contributed by atoms with Crippen molar-refractivity contribution in [2.45, 2.75) is 39.3 Å². The molecule has 1 amide bonds. The topological polar surface area (TPSA) is 76.2 Å². The maximum atomic E-state index is 12.6. The van der Waals surface area contributed by atoms with E-state index in [0.717, 1.165) is 43.1 Å². The summed E-state index contributed by atoms with van der Waals surface area (Å²) < 4.78 is 7.43. The molecule has 8 heteroatoms. The third-order valence-electron chi connectivity index (χ3n) is 4.32. The van der Waals surface area contributed by atoms with Gasteiger partial charge in [-0.25, -0.2) is 4.68 Å². The molecule has 1 aliphatic rings. The molecule has 1 saturated heterocycles. The van der Waals surface area contributed by atoms with E-state index in [1.54, 1.807) is 11.9 Å². The van der Waals surface area contributed by atoms with E-state index in [4.69, 9.17) is 4.42 Å². The van der Waals surface area contributed by atoms with Gasteiger partial charge in [0.2, 0.25) is 0 Å². The molecule has 7 nitrogen and oxygen atoms in total. The normalized spacial score (nSPS) is 15.1. The maximum Gasteiger partial charge on any atom is 0.276 e. The van der Waals surface area contributed by atoms with Gasteiger partial charge in [-0.05, 0) is 51.9 Å². The van der Waals surface area contributed by atoms with Crippen molar-refractivity contribution >= 4 is 18.3 Å². The van der Waals surface area contributed by atoms with Crippen molar-refractivity contribution in [3.8, 4) is 0 Å². The molecule has 3 heterocycles. The number of aromatic nitrogens is 3. The minimum Gasteiger partial charge on any atom is -0.464 e. The fraction of sp³-hybridized carbons (Fsp3) is 0.562. The predicted molar refractivity (Wildman–Crippen MR) is 92.4 cm³/mol. The second kappa shape index (κ2) is 7.81. The van der Waals surface area contributed by atoms with Crippen LogP contribution in [0.2, 0.25) is 0 Å². The van der Waals surface area contributed by atoms with E-state index in [-0.39, 0.29) is 18.3 Å². The van der Waals surface area contributed by atoms with E-state index in [9.17, 15) is 4.79 Å². The van der Waals surface area contributed by atoms with Gasteiger partial charge < -0.3 is 14.6 Å². The molecule has 0 radical (unpaired) electrons.